The topological polar surface area (TPSA) is 129 Å². The number of hydrazone groups is 1. The van der Waals surface area contributed by atoms with Crippen molar-refractivity contribution in [3.8, 4) is 5.75 Å². The van der Waals surface area contributed by atoms with E-state index in [1.165, 1.54) is 16.8 Å². The molecule has 1 atom stereocenters. The van der Waals surface area contributed by atoms with E-state index in [2.05, 4.69) is 21.1 Å². The molecule has 0 aliphatic carbocycles. The molecule has 0 radical (unpaired) electrons. The Morgan fingerprint density at radius 1 is 0.737 bits per heavy atom. The summed E-state index contributed by atoms with van der Waals surface area (Å²) in [6, 6.07) is 51.1. The molecule has 282 valence electrons. The van der Waals surface area contributed by atoms with E-state index in [0.29, 0.717) is 39.8 Å². The Balaban J connectivity index is 1.08. The summed E-state index contributed by atoms with van der Waals surface area (Å²) >= 11 is 1.28. The number of ether oxygens (including phenoxy) is 1. The van der Waals surface area contributed by atoms with Gasteiger partial charge in [-0.15, -0.1) is 11.8 Å². The Labute approximate surface area is 334 Å². The quantitative estimate of drug-likeness (QED) is 0.0800. The lowest BCUT2D eigenvalue weighted by molar-refractivity contribution is -0.119. The van der Waals surface area contributed by atoms with Crippen LogP contribution in [0.3, 0.4) is 0 Å². The number of para-hydroxylation sites is 1. The van der Waals surface area contributed by atoms with Crippen molar-refractivity contribution in [1.82, 2.24) is 10.6 Å². The Bertz CT molecular complexity index is 2410. The van der Waals surface area contributed by atoms with Crippen LogP contribution in [0.4, 0.5) is 11.4 Å². The summed E-state index contributed by atoms with van der Waals surface area (Å²) in [4.78, 5) is 54.5. The summed E-state index contributed by atoms with van der Waals surface area (Å²) in [7, 11) is 0. The van der Waals surface area contributed by atoms with Crippen molar-refractivity contribution in [2.75, 3.05) is 10.3 Å². The zero-order chi connectivity index (χ0) is 39.4. The Morgan fingerprint density at radius 2 is 1.39 bits per heavy atom. The molecule has 57 heavy (non-hydrogen) atoms. The van der Waals surface area contributed by atoms with Crippen LogP contribution >= 0.6 is 11.8 Å². The SMILES string of the molecule is O=C(Nc1cccc(SC(C(=O)NC2=NN(c3ccccc3)C(=O)C2)c2ccccc2)c1)/C(=C/c1ccc(OCc2ccccc2)cc1)NC(=O)c1ccccc1. The molecule has 0 bridgehead atoms. The zero-order valence-electron chi connectivity index (χ0n) is 30.6. The Hall–Kier alpha value is -7.24. The molecule has 6 aromatic rings. The maximum atomic E-state index is 13.9. The highest BCUT2D eigenvalue weighted by molar-refractivity contribution is 8.00. The molecule has 11 heteroatoms. The van der Waals surface area contributed by atoms with Crippen LogP contribution in [0.2, 0.25) is 0 Å². The lowest BCUT2D eigenvalue weighted by atomic mass is 10.1. The van der Waals surface area contributed by atoms with Gasteiger partial charge in [-0.25, -0.2) is 0 Å². The minimum Gasteiger partial charge on any atom is -0.489 e. The number of thioether (sulfide) groups is 1. The zero-order valence-corrected chi connectivity index (χ0v) is 31.4. The molecule has 1 heterocycles. The van der Waals surface area contributed by atoms with Gasteiger partial charge in [0.25, 0.3) is 17.7 Å². The largest absolute Gasteiger partial charge is 0.489 e. The highest BCUT2D eigenvalue weighted by atomic mass is 32.2. The van der Waals surface area contributed by atoms with Crippen molar-refractivity contribution in [3.63, 3.8) is 0 Å². The van der Waals surface area contributed by atoms with Gasteiger partial charge in [0.1, 0.15) is 29.1 Å². The second kappa shape index (κ2) is 18.4. The Morgan fingerprint density at radius 3 is 2.09 bits per heavy atom. The van der Waals surface area contributed by atoms with Gasteiger partial charge in [-0.2, -0.15) is 10.1 Å². The third-order valence-corrected chi connectivity index (χ3v) is 9.95. The van der Waals surface area contributed by atoms with Gasteiger partial charge in [-0.05, 0) is 77.4 Å². The molecule has 0 saturated carbocycles. The third kappa shape index (κ3) is 10.3. The summed E-state index contributed by atoms with van der Waals surface area (Å²) in [6.07, 6.45) is 1.55. The van der Waals surface area contributed by atoms with Gasteiger partial charge in [-0.1, -0.05) is 115 Å². The van der Waals surface area contributed by atoms with Gasteiger partial charge in [0.2, 0.25) is 5.91 Å². The second-order valence-corrected chi connectivity index (χ2v) is 14.0. The highest BCUT2D eigenvalue weighted by Gasteiger charge is 2.30. The number of anilines is 2. The van der Waals surface area contributed by atoms with Gasteiger partial charge < -0.3 is 20.7 Å². The summed E-state index contributed by atoms with van der Waals surface area (Å²) < 4.78 is 5.92. The van der Waals surface area contributed by atoms with Crippen molar-refractivity contribution >= 4 is 58.7 Å². The fraction of sp³-hybridized carbons (Fsp3) is 0.0652. The van der Waals surface area contributed by atoms with Crippen molar-refractivity contribution < 1.29 is 23.9 Å². The van der Waals surface area contributed by atoms with Crippen LogP contribution in [0.5, 0.6) is 5.75 Å². The average molecular weight is 772 g/mol. The Kier molecular flexibility index (Phi) is 12.3. The van der Waals surface area contributed by atoms with E-state index in [9.17, 15) is 19.2 Å². The van der Waals surface area contributed by atoms with Crippen LogP contribution in [0, 0.1) is 0 Å². The first-order chi connectivity index (χ1) is 27.9. The van der Waals surface area contributed by atoms with Gasteiger partial charge in [0.05, 0.1) is 12.1 Å². The number of nitrogens with zero attached hydrogens (tertiary/aromatic N) is 2. The number of rotatable bonds is 13. The summed E-state index contributed by atoms with van der Waals surface area (Å²) in [5, 5.41) is 13.5. The molecule has 0 fully saturated rings. The second-order valence-electron chi connectivity index (χ2n) is 12.9. The number of carbonyl (C=O) groups excluding carboxylic acids is 4. The number of amidine groups is 1. The number of benzene rings is 6. The fourth-order valence-electron chi connectivity index (χ4n) is 5.87. The lowest BCUT2D eigenvalue weighted by Crippen LogP contribution is -2.33. The summed E-state index contributed by atoms with van der Waals surface area (Å²) in [5.41, 5.74) is 3.93. The van der Waals surface area contributed by atoms with E-state index >= 15 is 0 Å². The number of hydrogen-bond acceptors (Lipinski definition) is 7. The molecule has 0 saturated heterocycles. The molecule has 7 rings (SSSR count). The summed E-state index contributed by atoms with van der Waals surface area (Å²) in [6.45, 7) is 0.411. The van der Waals surface area contributed by atoms with Crippen LogP contribution < -0.4 is 25.7 Å². The molecular weight excluding hydrogens is 735 g/mol. The molecule has 1 unspecified atom stereocenters. The smallest absolute Gasteiger partial charge is 0.272 e. The van der Waals surface area contributed by atoms with Crippen molar-refractivity contribution in [3.05, 3.63) is 198 Å². The van der Waals surface area contributed by atoms with Crippen LogP contribution in [-0.4, -0.2) is 29.5 Å². The molecule has 10 nitrogen and oxygen atoms in total. The molecule has 3 N–H and O–H groups in total. The van der Waals surface area contributed by atoms with Gasteiger partial charge in [-0.3, -0.25) is 19.2 Å². The van der Waals surface area contributed by atoms with E-state index < -0.39 is 17.1 Å². The first kappa shape index (κ1) is 38.1. The molecular formula is C46H37N5O5S. The molecule has 0 spiro atoms. The van der Waals surface area contributed by atoms with Crippen LogP contribution in [0.15, 0.2) is 186 Å². The van der Waals surface area contributed by atoms with Crippen LogP contribution in [0.25, 0.3) is 6.08 Å². The normalized spacial score (nSPS) is 13.0. The number of amides is 4. The fourth-order valence-corrected chi connectivity index (χ4v) is 6.95. The molecule has 1 aliphatic rings. The first-order valence-electron chi connectivity index (χ1n) is 18.1. The van der Waals surface area contributed by atoms with E-state index in [1.54, 1.807) is 84.9 Å². The first-order valence-corrected chi connectivity index (χ1v) is 19.0. The van der Waals surface area contributed by atoms with Crippen LogP contribution in [0.1, 0.15) is 38.7 Å². The average Bonchev–Trinajstić information content (AvgIpc) is 3.62. The standard InChI is InChI=1S/C46H37N5O5S/c52-42-30-41(50-51(42)37-21-11-4-12-22-37)49-46(55)43(34-16-7-2-8-17-34)57-39-23-13-20-36(29-39)47-45(54)40(48-44(53)35-18-9-3-10-19-35)28-32-24-26-38(27-25-32)56-31-33-14-5-1-6-15-33/h1-29,43H,30-31H2,(H,47,54)(H,48,53)(H,49,50,55)/b40-28-. The number of hydrogen-bond donors (Lipinski definition) is 3. The monoisotopic (exact) mass is 771 g/mol. The van der Waals surface area contributed by atoms with E-state index in [-0.39, 0.29) is 29.8 Å². The molecule has 6 aromatic carbocycles. The van der Waals surface area contributed by atoms with Crippen LogP contribution in [-0.2, 0) is 21.0 Å². The van der Waals surface area contributed by atoms with Crippen molar-refractivity contribution in [1.29, 1.82) is 0 Å². The number of nitrogens with one attached hydrogen (secondary N) is 3. The van der Waals surface area contributed by atoms with Gasteiger partial charge in [0, 0.05) is 16.1 Å². The highest BCUT2D eigenvalue weighted by Crippen LogP contribution is 2.37. The minimum absolute atomic E-state index is 0.0258. The maximum Gasteiger partial charge on any atom is 0.272 e. The number of carbonyl (C=O) groups is 4. The lowest BCUT2D eigenvalue weighted by Gasteiger charge is -2.17. The molecule has 0 aromatic heterocycles. The van der Waals surface area contributed by atoms with E-state index in [4.69, 9.17) is 4.74 Å². The predicted octanol–water partition coefficient (Wildman–Crippen LogP) is 8.38. The van der Waals surface area contributed by atoms with E-state index in [1.807, 2.05) is 91.0 Å². The van der Waals surface area contributed by atoms with Crippen molar-refractivity contribution in [2.45, 2.75) is 23.2 Å². The molecule has 1 aliphatic heterocycles. The van der Waals surface area contributed by atoms with Gasteiger partial charge in [0.15, 0.2) is 0 Å². The maximum absolute atomic E-state index is 13.9. The van der Waals surface area contributed by atoms with Crippen molar-refractivity contribution in [2.24, 2.45) is 5.10 Å². The van der Waals surface area contributed by atoms with E-state index in [0.717, 1.165) is 11.1 Å². The third-order valence-electron chi connectivity index (χ3n) is 8.70. The summed E-state index contributed by atoms with van der Waals surface area (Å²) in [5.74, 6) is -0.681. The molecule has 4 amide bonds. The minimum atomic E-state index is -0.721. The predicted molar refractivity (Wildman–Crippen MR) is 223 cm³/mol. The van der Waals surface area contributed by atoms with Gasteiger partial charge >= 0.3 is 0 Å².